The van der Waals surface area contributed by atoms with Gasteiger partial charge < -0.3 is 5.11 Å². The van der Waals surface area contributed by atoms with E-state index < -0.39 is 5.97 Å². The van der Waals surface area contributed by atoms with E-state index >= 15 is 0 Å². The molecule has 0 bridgehead atoms. The molecule has 1 rings (SSSR count). The number of carbonyl (C=O) groups is 1. The third kappa shape index (κ3) is 2.30. The Labute approximate surface area is 79.3 Å². The summed E-state index contributed by atoms with van der Waals surface area (Å²) in [4.78, 5) is 18.7. The van der Waals surface area contributed by atoms with Crippen molar-refractivity contribution in [3.63, 3.8) is 0 Å². The zero-order valence-electron chi connectivity index (χ0n) is 6.74. The Balaban J connectivity index is 2.98. The van der Waals surface area contributed by atoms with Gasteiger partial charge in [0.1, 0.15) is 0 Å². The molecule has 2 N–H and O–H groups in total. The van der Waals surface area contributed by atoms with Gasteiger partial charge in [0, 0.05) is 0 Å². The molecule has 5 nitrogen and oxygen atoms in total. The van der Waals surface area contributed by atoms with Gasteiger partial charge in [-0.2, -0.15) is 0 Å². The molecule has 1 aromatic rings. The van der Waals surface area contributed by atoms with Crippen molar-refractivity contribution in [2.75, 3.05) is 12.6 Å². The number of hydrogen-bond donors (Lipinski definition) is 2. The van der Waals surface area contributed by atoms with Gasteiger partial charge >= 0.3 is 5.97 Å². The number of rotatable bonds is 3. The van der Waals surface area contributed by atoms with Crippen molar-refractivity contribution in [1.82, 2.24) is 4.98 Å². The van der Waals surface area contributed by atoms with Crippen molar-refractivity contribution in [3.8, 4) is 0 Å². The van der Waals surface area contributed by atoms with Crippen molar-refractivity contribution < 1.29 is 14.7 Å². The minimum Gasteiger partial charge on any atom is -0.476 e. The van der Waals surface area contributed by atoms with Crippen LogP contribution in [0.5, 0.6) is 0 Å². The fourth-order valence-electron chi connectivity index (χ4n) is 0.769. The lowest BCUT2D eigenvalue weighted by atomic mass is 10.3. The Bertz CT molecular complexity index is 330. The van der Waals surface area contributed by atoms with E-state index in [0.717, 1.165) is 0 Å². The van der Waals surface area contributed by atoms with E-state index in [1.165, 1.54) is 19.4 Å². The molecule has 1 heterocycles. The van der Waals surface area contributed by atoms with E-state index in [9.17, 15) is 4.79 Å². The maximum Gasteiger partial charge on any atom is 0.356 e. The Hall–Kier alpha value is -1.33. The van der Waals surface area contributed by atoms with Crippen LogP contribution in [0.25, 0.3) is 0 Å². The third-order valence-corrected chi connectivity index (χ3v) is 1.55. The number of anilines is 1. The molecule has 0 aliphatic carbocycles. The van der Waals surface area contributed by atoms with Crippen molar-refractivity contribution in [1.29, 1.82) is 0 Å². The lowest BCUT2D eigenvalue weighted by Crippen LogP contribution is -2.03. The highest BCUT2D eigenvalue weighted by molar-refractivity contribution is 6.33. The number of halogens is 1. The number of carboxylic acids is 1. The molecule has 0 amide bonds. The molecule has 0 spiro atoms. The Morgan fingerprint density at radius 1 is 1.77 bits per heavy atom. The Kier molecular flexibility index (Phi) is 3.05. The number of aromatic carboxylic acids is 1. The first-order valence-corrected chi connectivity index (χ1v) is 3.70. The summed E-state index contributed by atoms with van der Waals surface area (Å²) in [6.45, 7) is 0. The van der Waals surface area contributed by atoms with Crippen molar-refractivity contribution in [2.24, 2.45) is 0 Å². The molecule has 0 aliphatic heterocycles. The summed E-state index contributed by atoms with van der Waals surface area (Å²) in [6.07, 6.45) is 1.32. The fraction of sp³-hybridized carbons (Fsp3) is 0.143. The maximum absolute atomic E-state index is 10.5. The Morgan fingerprint density at radius 3 is 2.92 bits per heavy atom. The van der Waals surface area contributed by atoms with Gasteiger partial charge in [-0.1, -0.05) is 11.6 Å². The van der Waals surface area contributed by atoms with Crippen LogP contribution in [-0.2, 0) is 4.84 Å². The highest BCUT2D eigenvalue weighted by Gasteiger charge is 2.10. The van der Waals surface area contributed by atoms with Crippen LogP contribution in [0.4, 0.5) is 5.69 Å². The topological polar surface area (TPSA) is 71.5 Å². The van der Waals surface area contributed by atoms with E-state index in [0.29, 0.717) is 5.69 Å². The van der Waals surface area contributed by atoms with Crippen LogP contribution in [-0.4, -0.2) is 23.2 Å². The van der Waals surface area contributed by atoms with Crippen LogP contribution >= 0.6 is 11.6 Å². The normalized spacial score (nSPS) is 9.69. The monoisotopic (exact) mass is 202 g/mol. The standard InChI is InChI=1S/C7H7ClN2O3/c1-13-10-4-2-5(8)6(7(11)12)9-3-4/h2-3,10H,1H3,(H,11,12). The Morgan fingerprint density at radius 2 is 2.46 bits per heavy atom. The second-order valence-corrected chi connectivity index (χ2v) is 2.57. The van der Waals surface area contributed by atoms with E-state index in [1.807, 2.05) is 0 Å². The lowest BCUT2D eigenvalue weighted by Gasteiger charge is -2.03. The smallest absolute Gasteiger partial charge is 0.356 e. The maximum atomic E-state index is 10.5. The molecule has 0 aromatic carbocycles. The summed E-state index contributed by atoms with van der Waals surface area (Å²) in [6, 6.07) is 1.42. The number of nitrogens with zero attached hydrogens (tertiary/aromatic N) is 1. The van der Waals surface area contributed by atoms with Gasteiger partial charge in [0.05, 0.1) is 24.0 Å². The summed E-state index contributed by atoms with van der Waals surface area (Å²) in [5.41, 5.74) is 2.79. The van der Waals surface area contributed by atoms with E-state index in [4.69, 9.17) is 16.7 Å². The largest absolute Gasteiger partial charge is 0.476 e. The van der Waals surface area contributed by atoms with Crippen LogP contribution in [0.3, 0.4) is 0 Å². The molecule has 0 radical (unpaired) electrons. The van der Waals surface area contributed by atoms with Gasteiger partial charge in [-0.3, -0.25) is 10.3 Å². The van der Waals surface area contributed by atoms with Crippen LogP contribution in [0.1, 0.15) is 10.5 Å². The molecule has 6 heteroatoms. The molecule has 0 unspecified atom stereocenters. The minimum absolute atomic E-state index is 0.0644. The molecule has 70 valence electrons. The minimum atomic E-state index is -1.16. The third-order valence-electron chi connectivity index (χ3n) is 1.26. The highest BCUT2D eigenvalue weighted by atomic mass is 35.5. The van der Waals surface area contributed by atoms with Gasteiger partial charge in [0.15, 0.2) is 5.69 Å². The zero-order chi connectivity index (χ0) is 9.84. The zero-order valence-corrected chi connectivity index (χ0v) is 7.50. The van der Waals surface area contributed by atoms with Crippen molar-refractivity contribution in [3.05, 3.63) is 23.0 Å². The average molecular weight is 203 g/mol. The highest BCUT2D eigenvalue weighted by Crippen LogP contribution is 2.17. The molecule has 0 saturated carbocycles. The molecule has 0 aliphatic rings. The lowest BCUT2D eigenvalue weighted by molar-refractivity contribution is 0.0690. The second kappa shape index (κ2) is 4.06. The van der Waals surface area contributed by atoms with Crippen molar-refractivity contribution in [2.45, 2.75) is 0 Å². The number of aromatic nitrogens is 1. The first-order valence-electron chi connectivity index (χ1n) is 3.33. The number of pyridine rings is 1. The van der Waals surface area contributed by atoms with E-state index in [1.54, 1.807) is 0 Å². The predicted molar refractivity (Wildman–Crippen MR) is 46.8 cm³/mol. The first kappa shape index (κ1) is 9.76. The van der Waals surface area contributed by atoms with Gasteiger partial charge in [0.2, 0.25) is 0 Å². The van der Waals surface area contributed by atoms with E-state index in [2.05, 4.69) is 15.3 Å². The average Bonchev–Trinajstić information content (AvgIpc) is 2.04. The molecular formula is C7H7ClN2O3. The quantitative estimate of drug-likeness (QED) is 0.725. The molecule has 0 saturated heterocycles. The van der Waals surface area contributed by atoms with Crippen molar-refractivity contribution >= 4 is 23.3 Å². The number of carboxylic acid groups (broad SMARTS) is 1. The number of nitrogens with one attached hydrogen (secondary N) is 1. The first-order chi connectivity index (χ1) is 6.15. The summed E-state index contributed by atoms with van der Waals surface area (Å²) < 4.78 is 0. The predicted octanol–water partition coefficient (Wildman–Crippen LogP) is 1.41. The molecule has 0 fully saturated rings. The van der Waals surface area contributed by atoms with Crippen LogP contribution in [0.15, 0.2) is 12.3 Å². The summed E-state index contributed by atoms with van der Waals surface area (Å²) in [7, 11) is 1.43. The van der Waals surface area contributed by atoms with Gasteiger partial charge in [-0.05, 0) is 6.07 Å². The van der Waals surface area contributed by atoms with Crippen LogP contribution in [0, 0.1) is 0 Å². The summed E-state index contributed by atoms with van der Waals surface area (Å²) >= 11 is 5.62. The van der Waals surface area contributed by atoms with Gasteiger partial charge in [-0.15, -0.1) is 0 Å². The second-order valence-electron chi connectivity index (χ2n) is 2.17. The summed E-state index contributed by atoms with van der Waals surface area (Å²) in [5, 5.41) is 8.65. The van der Waals surface area contributed by atoms with Crippen LogP contribution < -0.4 is 5.48 Å². The molecular weight excluding hydrogens is 196 g/mol. The molecule has 1 aromatic heterocycles. The fourth-order valence-corrected chi connectivity index (χ4v) is 1.02. The van der Waals surface area contributed by atoms with Crippen LogP contribution in [0.2, 0.25) is 5.02 Å². The summed E-state index contributed by atoms with van der Waals surface area (Å²) in [5.74, 6) is -1.16. The van der Waals surface area contributed by atoms with Gasteiger partial charge in [0.25, 0.3) is 0 Å². The SMILES string of the molecule is CONc1cnc(C(=O)O)c(Cl)c1. The van der Waals surface area contributed by atoms with Gasteiger partial charge in [-0.25, -0.2) is 9.78 Å². The number of hydrogen-bond acceptors (Lipinski definition) is 4. The molecule has 13 heavy (non-hydrogen) atoms. The molecule has 0 atom stereocenters. The van der Waals surface area contributed by atoms with E-state index in [-0.39, 0.29) is 10.7 Å².